The first-order chi connectivity index (χ1) is 9.61. The monoisotopic (exact) mass is 266 g/mol. The van der Waals surface area contributed by atoms with E-state index in [-0.39, 0.29) is 5.78 Å². The maximum absolute atomic E-state index is 11.8. The van der Waals surface area contributed by atoms with Gasteiger partial charge in [0.25, 0.3) is 0 Å². The maximum Gasteiger partial charge on any atom is 0.164 e. The van der Waals surface area contributed by atoms with Crippen LogP contribution in [0.5, 0.6) is 5.75 Å². The average Bonchev–Trinajstić information content (AvgIpc) is 2.46. The molecule has 0 amide bonds. The molecular formula is C18H18O2. The molecule has 0 aliphatic rings. The number of rotatable bonds is 4. The van der Waals surface area contributed by atoms with Crippen LogP contribution in [0, 0.1) is 6.92 Å². The van der Waals surface area contributed by atoms with Gasteiger partial charge in [0.2, 0.25) is 0 Å². The molecule has 0 saturated heterocycles. The van der Waals surface area contributed by atoms with Gasteiger partial charge in [0.05, 0.1) is 12.7 Å². The number of aryl methyl sites for hydroxylation is 1. The number of methoxy groups -OCH3 is 1. The largest absolute Gasteiger partial charge is 0.496 e. The minimum absolute atomic E-state index is 0.00556. The van der Waals surface area contributed by atoms with Crippen LogP contribution < -0.4 is 4.74 Å². The summed E-state index contributed by atoms with van der Waals surface area (Å²) in [5, 5.41) is 0. The molecule has 0 aliphatic heterocycles. The Balaban J connectivity index is 2.38. The standard InChI is InChI=1S/C18H18O2/c1-13-7-9-15(10-8-13)11-12-16-5-4-6-17(20-3)18(16)14(2)19/h4-12H,1-3H3/b12-11+. The fourth-order valence-corrected chi connectivity index (χ4v) is 2.10. The Kier molecular flexibility index (Phi) is 4.36. The lowest BCUT2D eigenvalue weighted by atomic mass is 10.0. The van der Waals surface area contributed by atoms with E-state index in [1.807, 2.05) is 24.3 Å². The molecule has 0 N–H and O–H groups in total. The molecule has 0 saturated carbocycles. The summed E-state index contributed by atoms with van der Waals surface area (Å²) in [6, 6.07) is 13.9. The van der Waals surface area contributed by atoms with Crippen molar-refractivity contribution in [2.75, 3.05) is 7.11 Å². The van der Waals surface area contributed by atoms with Crippen LogP contribution in [-0.4, -0.2) is 12.9 Å². The highest BCUT2D eigenvalue weighted by atomic mass is 16.5. The minimum Gasteiger partial charge on any atom is -0.496 e. The second kappa shape index (κ2) is 6.20. The first-order valence-electron chi connectivity index (χ1n) is 6.54. The van der Waals surface area contributed by atoms with Gasteiger partial charge in [-0.05, 0) is 31.0 Å². The summed E-state index contributed by atoms with van der Waals surface area (Å²) in [7, 11) is 1.58. The highest BCUT2D eigenvalue weighted by molar-refractivity contribution is 6.01. The van der Waals surface area contributed by atoms with Crippen molar-refractivity contribution in [2.45, 2.75) is 13.8 Å². The molecule has 0 unspecified atom stereocenters. The summed E-state index contributed by atoms with van der Waals surface area (Å²) in [5.74, 6) is 0.620. The predicted octanol–water partition coefficient (Wildman–Crippen LogP) is 4.38. The summed E-state index contributed by atoms with van der Waals surface area (Å²) < 4.78 is 5.26. The zero-order valence-corrected chi connectivity index (χ0v) is 12.0. The molecule has 0 heterocycles. The van der Waals surface area contributed by atoms with E-state index >= 15 is 0 Å². The minimum atomic E-state index is 0.00556. The van der Waals surface area contributed by atoms with Crippen molar-refractivity contribution in [1.29, 1.82) is 0 Å². The molecule has 0 fully saturated rings. The van der Waals surface area contributed by atoms with Crippen LogP contribution in [0.3, 0.4) is 0 Å². The van der Waals surface area contributed by atoms with Crippen molar-refractivity contribution in [3.05, 3.63) is 64.7 Å². The molecule has 0 aliphatic carbocycles. The second-order valence-electron chi connectivity index (χ2n) is 4.72. The van der Waals surface area contributed by atoms with Crippen LogP contribution in [0.1, 0.15) is 34.0 Å². The molecule has 2 aromatic carbocycles. The Morgan fingerprint density at radius 2 is 1.75 bits per heavy atom. The van der Waals surface area contributed by atoms with Crippen molar-refractivity contribution < 1.29 is 9.53 Å². The smallest absolute Gasteiger partial charge is 0.164 e. The molecule has 0 atom stereocenters. The van der Waals surface area contributed by atoms with E-state index in [0.29, 0.717) is 11.3 Å². The molecule has 2 rings (SSSR count). The summed E-state index contributed by atoms with van der Waals surface area (Å²) >= 11 is 0. The first kappa shape index (κ1) is 14.1. The van der Waals surface area contributed by atoms with Crippen molar-refractivity contribution in [2.24, 2.45) is 0 Å². The number of Topliss-reactive ketones (excluding diaryl/α,β-unsaturated/α-hetero) is 1. The Hall–Kier alpha value is -2.35. The topological polar surface area (TPSA) is 26.3 Å². The van der Waals surface area contributed by atoms with Crippen molar-refractivity contribution in [3.8, 4) is 5.75 Å². The highest BCUT2D eigenvalue weighted by Crippen LogP contribution is 2.24. The van der Waals surface area contributed by atoms with Crippen molar-refractivity contribution in [1.82, 2.24) is 0 Å². The van der Waals surface area contributed by atoms with Gasteiger partial charge < -0.3 is 4.74 Å². The van der Waals surface area contributed by atoms with Gasteiger partial charge in [-0.2, -0.15) is 0 Å². The number of carbonyl (C=O) groups excluding carboxylic acids is 1. The average molecular weight is 266 g/mol. The van der Waals surface area contributed by atoms with Gasteiger partial charge in [-0.25, -0.2) is 0 Å². The third kappa shape index (κ3) is 3.15. The Morgan fingerprint density at radius 3 is 2.35 bits per heavy atom. The molecule has 2 heteroatoms. The zero-order valence-electron chi connectivity index (χ0n) is 12.0. The molecule has 2 nitrogen and oxygen atoms in total. The van der Waals surface area contributed by atoms with Gasteiger partial charge in [-0.15, -0.1) is 0 Å². The number of hydrogen-bond acceptors (Lipinski definition) is 2. The number of benzene rings is 2. The SMILES string of the molecule is COc1cccc(/C=C/c2ccc(C)cc2)c1C(C)=O. The second-order valence-corrected chi connectivity index (χ2v) is 4.72. The van der Waals surface area contributed by atoms with Crippen LogP contribution in [0.2, 0.25) is 0 Å². The molecule has 0 aromatic heterocycles. The van der Waals surface area contributed by atoms with Gasteiger partial charge in [-0.3, -0.25) is 4.79 Å². The third-order valence-corrected chi connectivity index (χ3v) is 3.16. The van der Waals surface area contributed by atoms with E-state index in [4.69, 9.17) is 4.74 Å². The quantitative estimate of drug-likeness (QED) is 0.606. The fraction of sp³-hybridized carbons (Fsp3) is 0.167. The van der Waals surface area contributed by atoms with Gasteiger partial charge in [0.1, 0.15) is 5.75 Å². The van der Waals surface area contributed by atoms with Crippen LogP contribution in [0.4, 0.5) is 0 Å². The Bertz CT molecular complexity index is 637. The van der Waals surface area contributed by atoms with Crippen LogP contribution in [0.25, 0.3) is 12.2 Å². The van der Waals surface area contributed by atoms with Crippen LogP contribution in [0.15, 0.2) is 42.5 Å². The highest BCUT2D eigenvalue weighted by Gasteiger charge is 2.11. The van der Waals surface area contributed by atoms with E-state index in [9.17, 15) is 4.79 Å². The number of ketones is 1. The van der Waals surface area contributed by atoms with Gasteiger partial charge in [0.15, 0.2) is 5.78 Å². The lowest BCUT2D eigenvalue weighted by Gasteiger charge is -2.08. The third-order valence-electron chi connectivity index (χ3n) is 3.16. The lowest BCUT2D eigenvalue weighted by molar-refractivity contribution is 0.101. The van der Waals surface area contributed by atoms with E-state index in [0.717, 1.165) is 11.1 Å². The Labute approximate surface area is 119 Å². The van der Waals surface area contributed by atoms with Crippen LogP contribution >= 0.6 is 0 Å². The number of hydrogen-bond donors (Lipinski definition) is 0. The fourth-order valence-electron chi connectivity index (χ4n) is 2.10. The molecule has 102 valence electrons. The number of carbonyl (C=O) groups is 1. The van der Waals surface area contributed by atoms with Gasteiger partial charge in [0, 0.05) is 0 Å². The first-order valence-corrected chi connectivity index (χ1v) is 6.54. The summed E-state index contributed by atoms with van der Waals surface area (Å²) in [4.78, 5) is 11.8. The molecule has 0 radical (unpaired) electrons. The molecule has 0 bridgehead atoms. The molecule has 0 spiro atoms. The lowest BCUT2D eigenvalue weighted by Crippen LogP contribution is -2.00. The van der Waals surface area contributed by atoms with Crippen molar-refractivity contribution >= 4 is 17.9 Å². The summed E-state index contributed by atoms with van der Waals surface area (Å²) in [5.41, 5.74) is 3.83. The normalized spacial score (nSPS) is 10.8. The zero-order chi connectivity index (χ0) is 14.5. The van der Waals surface area contributed by atoms with Crippen molar-refractivity contribution in [3.63, 3.8) is 0 Å². The van der Waals surface area contributed by atoms with E-state index < -0.39 is 0 Å². The predicted molar refractivity (Wildman–Crippen MR) is 83.1 cm³/mol. The Morgan fingerprint density at radius 1 is 1.05 bits per heavy atom. The number of ether oxygens (including phenoxy) is 1. The van der Waals surface area contributed by atoms with E-state index in [2.05, 4.69) is 31.2 Å². The van der Waals surface area contributed by atoms with Gasteiger partial charge in [-0.1, -0.05) is 54.1 Å². The molecular weight excluding hydrogens is 248 g/mol. The molecule has 2 aromatic rings. The van der Waals surface area contributed by atoms with E-state index in [1.54, 1.807) is 20.1 Å². The van der Waals surface area contributed by atoms with Gasteiger partial charge >= 0.3 is 0 Å². The maximum atomic E-state index is 11.8. The van der Waals surface area contributed by atoms with E-state index in [1.165, 1.54) is 5.56 Å². The summed E-state index contributed by atoms with van der Waals surface area (Å²) in [6.45, 7) is 3.62. The molecule has 20 heavy (non-hydrogen) atoms. The van der Waals surface area contributed by atoms with Crippen LogP contribution in [-0.2, 0) is 0 Å². The summed E-state index contributed by atoms with van der Waals surface area (Å²) in [6.07, 6.45) is 3.95.